The number of carbonyl (C=O) groups excluding carboxylic acids is 8. The average molecular weight is 1880 g/mol. The molecule has 15 unspecified atom stereocenters. The SMILES string of the molecule is CC(=O)NC1C(O[C@H]2c3ccc(c(Cl)c3)Oc3cc4cc(c3OC3OC(CO)C(O)C(O)C3NC(=O)CCCCCCC(C)C)Oc3ccc(cc3Cl)C[C@@H]3NC(=O)[C@@H](N)c5ccc(O)c(c5)Oc5cc(O)cc(c5)[C@@H](NC3=O)C(=O)N[C@@H]4C(=O)N[C@@H]3C(=O)N[C@H]2C(=O)N[C@H](C(=O)O)c2cc(O)cc(OC4OC(CO)C(O)C(O)C4O)c2-c2cc3ccc2O)OC(CO)C(O)C1O. The lowest BCUT2D eigenvalue weighted by Gasteiger charge is -2.44. The lowest BCUT2D eigenvalue weighted by atomic mass is 9.89. The molecule has 16 rings (SSSR count). The number of nitrogens with one attached hydrogen (secondary N) is 8. The fourth-order valence-electron chi connectivity index (χ4n) is 16.5. The van der Waals surface area contributed by atoms with Gasteiger partial charge in [0.1, 0.15) is 156 Å². The van der Waals surface area contributed by atoms with Crippen molar-refractivity contribution in [2.45, 2.75) is 206 Å². The van der Waals surface area contributed by atoms with Crippen LogP contribution in [0.1, 0.15) is 135 Å². The minimum absolute atomic E-state index is 0.0267. The van der Waals surface area contributed by atoms with Gasteiger partial charge in [-0.2, -0.15) is 0 Å². The number of fused-ring (bicyclic) bond motifs is 14. The number of halogens is 2. The predicted molar refractivity (Wildman–Crippen MR) is 453 cm³/mol. The molecule has 25 N–H and O–H groups in total. The molecule has 7 aromatic rings. The minimum Gasteiger partial charge on any atom is -0.508 e. The number of unbranched alkanes of at least 4 members (excludes halogenated alkanes) is 3. The highest BCUT2D eigenvalue weighted by atomic mass is 35.5. The Labute approximate surface area is 759 Å². The van der Waals surface area contributed by atoms with Crippen LogP contribution in [-0.4, -0.2) is 254 Å². The van der Waals surface area contributed by atoms with Crippen molar-refractivity contribution in [3.63, 3.8) is 0 Å². The number of carbonyl (C=O) groups is 9. The van der Waals surface area contributed by atoms with Crippen molar-refractivity contribution in [1.82, 2.24) is 42.5 Å². The van der Waals surface area contributed by atoms with E-state index >= 15 is 24.0 Å². The molecule has 9 aliphatic rings. The zero-order chi connectivity index (χ0) is 94.9. The number of hydrogen-bond donors (Lipinski definition) is 24. The van der Waals surface area contributed by atoms with Gasteiger partial charge in [-0.25, -0.2) is 4.79 Å². The second-order valence-corrected chi connectivity index (χ2v) is 34.0. The van der Waals surface area contributed by atoms with Crippen LogP contribution in [0.3, 0.4) is 0 Å². The maximum Gasteiger partial charge on any atom is 0.330 e. The Balaban J connectivity index is 1.04. The van der Waals surface area contributed by atoms with E-state index in [4.69, 9.17) is 71.6 Å². The molecular formula is C88H97Cl2N9O33. The van der Waals surface area contributed by atoms with Crippen LogP contribution >= 0.6 is 23.2 Å². The number of aliphatic hydroxyl groups excluding tert-OH is 10. The Morgan fingerprint density at radius 1 is 0.500 bits per heavy atom. The first-order valence-corrected chi connectivity index (χ1v) is 42.7. The van der Waals surface area contributed by atoms with E-state index in [0.29, 0.717) is 18.8 Å². The molecule has 0 aliphatic carbocycles. The van der Waals surface area contributed by atoms with Gasteiger partial charge < -0.3 is 167 Å². The summed E-state index contributed by atoms with van der Waals surface area (Å²) in [5.41, 5.74) is 2.79. The van der Waals surface area contributed by atoms with E-state index in [9.17, 15) is 95.8 Å². The molecule has 3 fully saturated rings. The van der Waals surface area contributed by atoms with Gasteiger partial charge in [0.15, 0.2) is 35.3 Å². The molecule has 8 amide bonds. The van der Waals surface area contributed by atoms with Crippen molar-refractivity contribution < 1.29 is 162 Å². The third-order valence-electron chi connectivity index (χ3n) is 23.4. The largest absolute Gasteiger partial charge is 0.508 e. The summed E-state index contributed by atoms with van der Waals surface area (Å²) in [7, 11) is 0. The molecule has 23 atom stereocenters. The van der Waals surface area contributed by atoms with E-state index in [1.54, 1.807) is 0 Å². The quantitative estimate of drug-likeness (QED) is 0.0503. The second kappa shape index (κ2) is 40.6. The Bertz CT molecular complexity index is 5560. The van der Waals surface area contributed by atoms with Crippen LogP contribution in [0.5, 0.6) is 69.0 Å². The number of nitrogens with two attached hydrogens (primary N) is 1. The molecule has 132 heavy (non-hydrogen) atoms. The number of rotatable bonds is 19. The highest BCUT2D eigenvalue weighted by Gasteiger charge is 2.52. The molecule has 44 heteroatoms. The summed E-state index contributed by atoms with van der Waals surface area (Å²) in [5, 5.41) is 190. The van der Waals surface area contributed by atoms with Gasteiger partial charge >= 0.3 is 5.97 Å². The van der Waals surface area contributed by atoms with Gasteiger partial charge in [-0.05, 0) is 125 Å². The molecule has 0 aromatic heterocycles. The number of carboxylic acid groups (broad SMARTS) is 1. The van der Waals surface area contributed by atoms with Gasteiger partial charge in [0, 0.05) is 48.6 Å². The molecule has 0 spiro atoms. The van der Waals surface area contributed by atoms with Crippen LogP contribution in [0.15, 0.2) is 115 Å². The standard InChI is InChI=1S/C88H97Cl2N9O33/c1-33(2)8-6-4-5-7-9-60(108)94-68-74(113)71(110)58(31-101)129-87(68)132-78-55-25-40-26-56(78)126-52-17-13-38(23-47(52)90)77(131-86-67(92-34(3)103)73(112)70(109)57(30-100)128-86)69-84(121)98-66(85(122)123)45-28-42(105)29-54(127-88-76(115)75(114)72(111)59(32-102)130-88)61(45)44-22-37(12-14-49(44)106)63(81(118)99-69)96-83(120)65(40)97-82(119)64-39-20-41(104)27-43(21-39)124-53-24-36(11-15-50(53)107)62(91)80(117)93-48(79(116)95-64)19-35-10-16-51(125-55)46(89)18-35/h10-18,20-29,33,48,57-59,62-77,86-88,100-102,104-107,109-115H,4-9,19,30-32,91H2,1-3H3,(H,92,103)(H,93,117)(H,94,108)(H,95,116)(H,96,120)(H,97,119)(H,98,121)(H,99,118)(H,122,123)/t48-,57?,58?,59?,62-,63-,64+,65-,66-,67?,68?,69+,70?,71?,72?,73?,74?,75?,76?,77-,86?,87?,88?/m0/s1. The minimum atomic E-state index is -2.59. The van der Waals surface area contributed by atoms with E-state index in [1.807, 2.05) is 0 Å². The fourth-order valence-corrected chi connectivity index (χ4v) is 16.9. The monoisotopic (exact) mass is 1880 g/mol. The van der Waals surface area contributed by atoms with Crippen LogP contribution in [0.2, 0.25) is 10.0 Å². The molecule has 0 saturated carbocycles. The third kappa shape index (κ3) is 20.7. The topological polar surface area (TPSA) is 662 Å². The fraction of sp³-hybridized carbons (Fsp3) is 0.420. The van der Waals surface area contributed by atoms with Crippen LogP contribution in [-0.2, 0) is 68.5 Å². The van der Waals surface area contributed by atoms with Crippen molar-refractivity contribution in [2.24, 2.45) is 11.7 Å². The van der Waals surface area contributed by atoms with Crippen molar-refractivity contribution >= 4 is 76.4 Å². The van der Waals surface area contributed by atoms with Crippen LogP contribution in [0.25, 0.3) is 11.1 Å². The number of aromatic hydroxyl groups is 4. The number of phenols is 4. The summed E-state index contributed by atoms with van der Waals surface area (Å²) in [6.07, 6.45) is -25.9. The van der Waals surface area contributed by atoms with Gasteiger partial charge in [0.25, 0.3) is 0 Å². The summed E-state index contributed by atoms with van der Waals surface area (Å²) in [5.74, 6) is -19.2. The zero-order valence-corrected chi connectivity index (χ0v) is 71.8. The number of hydrogen-bond acceptors (Lipinski definition) is 33. The van der Waals surface area contributed by atoms with Gasteiger partial charge in [-0.1, -0.05) is 87.0 Å². The molecule has 7 aromatic carbocycles. The predicted octanol–water partition coefficient (Wildman–Crippen LogP) is 1.02. The Morgan fingerprint density at radius 2 is 1.05 bits per heavy atom. The van der Waals surface area contributed by atoms with Crippen molar-refractivity contribution in [3.8, 4) is 80.1 Å². The third-order valence-corrected chi connectivity index (χ3v) is 24.0. The van der Waals surface area contributed by atoms with Crippen molar-refractivity contribution in [1.29, 1.82) is 0 Å². The van der Waals surface area contributed by atoms with E-state index in [1.165, 1.54) is 30.3 Å². The Kier molecular flexibility index (Phi) is 29.5. The maximum atomic E-state index is 17.0. The van der Waals surface area contributed by atoms with E-state index in [0.717, 1.165) is 111 Å². The smallest absolute Gasteiger partial charge is 0.330 e. The van der Waals surface area contributed by atoms with E-state index in [-0.39, 0.29) is 39.8 Å². The molecule has 9 aliphatic heterocycles. The first kappa shape index (κ1) is 96.0. The van der Waals surface area contributed by atoms with Gasteiger partial charge in [-0.3, -0.25) is 38.4 Å². The molecule has 42 nitrogen and oxygen atoms in total. The highest BCUT2D eigenvalue weighted by Crippen LogP contribution is 2.51. The van der Waals surface area contributed by atoms with Crippen LogP contribution < -0.4 is 72.0 Å². The molecule has 3 saturated heterocycles. The van der Waals surface area contributed by atoms with E-state index in [2.05, 4.69) is 56.4 Å². The summed E-state index contributed by atoms with van der Waals surface area (Å²) >= 11 is 14.7. The Hall–Kier alpha value is -12.0. The van der Waals surface area contributed by atoms with Gasteiger partial charge in [0.05, 0.1) is 29.9 Å². The summed E-state index contributed by atoms with van der Waals surface area (Å²) in [4.78, 5) is 138. The first-order valence-electron chi connectivity index (χ1n) is 42.0. The van der Waals surface area contributed by atoms with Gasteiger partial charge in [-0.15, -0.1) is 0 Å². The molecule has 706 valence electrons. The zero-order valence-electron chi connectivity index (χ0n) is 70.3. The number of phenolic OH excluding ortho intramolecular Hbond substituents is 4. The molecule has 0 radical (unpaired) electrons. The molecule has 17 bridgehead atoms. The summed E-state index contributed by atoms with van der Waals surface area (Å²) < 4.78 is 57.5. The maximum absolute atomic E-state index is 17.0. The molecule has 9 heterocycles. The molecular weight excluding hydrogens is 1780 g/mol. The normalized spacial score (nSPS) is 28.9. The summed E-state index contributed by atoms with van der Waals surface area (Å²) in [6, 6.07) is 0.658. The van der Waals surface area contributed by atoms with Crippen LogP contribution in [0.4, 0.5) is 0 Å². The number of ether oxygens (including phenoxy) is 9. The first-order chi connectivity index (χ1) is 62.9. The van der Waals surface area contributed by atoms with Gasteiger partial charge in [0.2, 0.25) is 65.6 Å². The Morgan fingerprint density at radius 3 is 1.68 bits per heavy atom. The number of benzene rings is 7. The lowest BCUT2D eigenvalue weighted by molar-refractivity contribution is -0.284. The number of aliphatic carboxylic acids is 1. The average Bonchev–Trinajstić information content (AvgIpc) is 0.748. The second-order valence-electron chi connectivity index (χ2n) is 33.2. The van der Waals surface area contributed by atoms with Crippen molar-refractivity contribution in [2.75, 3.05) is 19.8 Å². The number of carboxylic acids is 1. The number of aliphatic hydroxyl groups is 10. The van der Waals surface area contributed by atoms with E-state index < -0.39 is 316 Å². The highest BCUT2D eigenvalue weighted by molar-refractivity contribution is 6.32. The number of amides is 8. The lowest BCUT2D eigenvalue weighted by Crippen LogP contribution is -2.65. The summed E-state index contributed by atoms with van der Waals surface area (Å²) in [6.45, 7) is 1.97. The van der Waals surface area contributed by atoms with Crippen LogP contribution in [0, 0.1) is 5.92 Å². The van der Waals surface area contributed by atoms with Crippen molar-refractivity contribution in [3.05, 3.63) is 164 Å².